The van der Waals surface area contributed by atoms with E-state index >= 15 is 0 Å². The third-order valence-electron chi connectivity index (χ3n) is 5.83. The van der Waals surface area contributed by atoms with Crippen LogP contribution >= 0.6 is 0 Å². The Hall–Kier alpha value is -4.53. The van der Waals surface area contributed by atoms with Gasteiger partial charge in [0.25, 0.3) is 5.69 Å². The van der Waals surface area contributed by atoms with Crippen LogP contribution in [-0.2, 0) is 23.9 Å². The van der Waals surface area contributed by atoms with E-state index in [1.807, 2.05) is 60.7 Å². The Labute approximate surface area is 208 Å². The maximum absolute atomic E-state index is 13.7. The van der Waals surface area contributed by atoms with E-state index in [4.69, 9.17) is 9.47 Å². The number of nitro benzene ring substituents is 1. The van der Waals surface area contributed by atoms with Gasteiger partial charge in [-0.2, -0.15) is 0 Å². The van der Waals surface area contributed by atoms with Crippen LogP contribution in [0.1, 0.15) is 34.9 Å². The van der Waals surface area contributed by atoms with Gasteiger partial charge in [-0.3, -0.25) is 19.7 Å². The number of methoxy groups -OCH3 is 2. The molecular weight excluding hydrogens is 464 g/mol. The summed E-state index contributed by atoms with van der Waals surface area (Å²) in [5.41, 5.74) is 1.70. The standard InChI is InChI=1S/C27H26N2O7/c1-35-23(30)17-22(18-13-15-21(16-14-18)29(33)34)25(27(32)36-2)28-26(31)24(19-9-5-3-6-10-19)20-11-7-4-8-12-20/h3-16,22,24-25H,17H2,1-2H3,(H,28,31)/t22-,25+/m1/s1. The predicted molar refractivity (Wildman–Crippen MR) is 131 cm³/mol. The van der Waals surface area contributed by atoms with Crippen molar-refractivity contribution in [3.63, 3.8) is 0 Å². The molecule has 9 heteroatoms. The first-order valence-electron chi connectivity index (χ1n) is 11.1. The molecule has 0 saturated carbocycles. The summed E-state index contributed by atoms with van der Waals surface area (Å²) in [5, 5.41) is 13.9. The number of non-ortho nitro benzene ring substituents is 1. The largest absolute Gasteiger partial charge is 0.469 e. The minimum Gasteiger partial charge on any atom is -0.469 e. The smallest absolute Gasteiger partial charge is 0.329 e. The zero-order valence-electron chi connectivity index (χ0n) is 19.8. The fourth-order valence-corrected chi connectivity index (χ4v) is 4.01. The quantitative estimate of drug-likeness (QED) is 0.261. The third kappa shape index (κ3) is 6.32. The van der Waals surface area contributed by atoms with Crippen LogP contribution in [0.3, 0.4) is 0 Å². The van der Waals surface area contributed by atoms with Crippen molar-refractivity contribution in [1.29, 1.82) is 0 Å². The van der Waals surface area contributed by atoms with Crippen molar-refractivity contribution >= 4 is 23.5 Å². The number of amides is 1. The Bertz CT molecular complexity index is 1160. The van der Waals surface area contributed by atoms with Crippen LogP contribution in [0, 0.1) is 10.1 Å². The van der Waals surface area contributed by atoms with Crippen molar-refractivity contribution in [3.8, 4) is 0 Å². The molecule has 3 aromatic rings. The lowest BCUT2D eigenvalue weighted by Crippen LogP contribution is -2.48. The molecule has 2 atom stereocenters. The normalized spacial score (nSPS) is 12.3. The lowest BCUT2D eigenvalue weighted by molar-refractivity contribution is -0.384. The Kier molecular flexibility index (Phi) is 8.88. The molecule has 3 aromatic carbocycles. The highest BCUT2D eigenvalue weighted by Gasteiger charge is 2.36. The van der Waals surface area contributed by atoms with Gasteiger partial charge >= 0.3 is 11.9 Å². The molecular formula is C27H26N2O7. The minimum atomic E-state index is -1.27. The zero-order chi connectivity index (χ0) is 26.1. The van der Waals surface area contributed by atoms with Crippen molar-refractivity contribution in [1.82, 2.24) is 5.32 Å². The van der Waals surface area contributed by atoms with E-state index in [2.05, 4.69) is 5.32 Å². The van der Waals surface area contributed by atoms with E-state index < -0.39 is 40.6 Å². The number of hydrogen-bond acceptors (Lipinski definition) is 7. The average molecular weight is 491 g/mol. The number of nitrogens with one attached hydrogen (secondary N) is 1. The van der Waals surface area contributed by atoms with Crippen LogP contribution in [0.2, 0.25) is 0 Å². The first-order valence-corrected chi connectivity index (χ1v) is 11.1. The number of carbonyl (C=O) groups is 3. The van der Waals surface area contributed by atoms with Crippen molar-refractivity contribution < 1.29 is 28.8 Å². The van der Waals surface area contributed by atoms with E-state index in [1.54, 1.807) is 0 Å². The second kappa shape index (κ2) is 12.3. The van der Waals surface area contributed by atoms with E-state index in [9.17, 15) is 24.5 Å². The van der Waals surface area contributed by atoms with Crippen molar-refractivity contribution in [2.75, 3.05) is 14.2 Å². The van der Waals surface area contributed by atoms with Gasteiger partial charge < -0.3 is 14.8 Å². The summed E-state index contributed by atoms with van der Waals surface area (Å²) in [7, 11) is 2.39. The summed E-state index contributed by atoms with van der Waals surface area (Å²) >= 11 is 0. The lowest BCUT2D eigenvalue weighted by Gasteiger charge is -2.28. The predicted octanol–water partition coefficient (Wildman–Crippen LogP) is 3.73. The number of carbonyl (C=O) groups excluding carboxylic acids is 3. The molecule has 9 nitrogen and oxygen atoms in total. The Balaban J connectivity index is 2.02. The van der Waals surface area contributed by atoms with E-state index in [1.165, 1.54) is 38.5 Å². The van der Waals surface area contributed by atoms with Crippen molar-refractivity contribution in [2.24, 2.45) is 0 Å². The van der Waals surface area contributed by atoms with Gasteiger partial charge in [0.15, 0.2) is 0 Å². The fraction of sp³-hybridized carbons (Fsp3) is 0.222. The molecule has 186 valence electrons. The summed E-state index contributed by atoms with van der Waals surface area (Å²) in [6.07, 6.45) is -0.268. The molecule has 36 heavy (non-hydrogen) atoms. The molecule has 0 spiro atoms. The summed E-state index contributed by atoms with van der Waals surface area (Å²) in [6.45, 7) is 0. The van der Waals surface area contributed by atoms with Crippen LogP contribution in [-0.4, -0.2) is 43.0 Å². The molecule has 3 rings (SSSR count). The van der Waals surface area contributed by atoms with Crippen LogP contribution < -0.4 is 5.32 Å². The van der Waals surface area contributed by atoms with Crippen LogP contribution in [0.25, 0.3) is 0 Å². The second-order valence-corrected chi connectivity index (χ2v) is 8.00. The molecule has 0 radical (unpaired) electrons. The van der Waals surface area contributed by atoms with Gasteiger partial charge in [-0.15, -0.1) is 0 Å². The SMILES string of the molecule is COC(=O)C[C@H](c1ccc([N+](=O)[O-])cc1)[C@H](NC(=O)C(c1ccccc1)c1ccccc1)C(=O)OC. The van der Waals surface area contributed by atoms with Gasteiger partial charge in [-0.1, -0.05) is 72.8 Å². The van der Waals surface area contributed by atoms with E-state index in [0.717, 1.165) is 0 Å². The monoisotopic (exact) mass is 490 g/mol. The second-order valence-electron chi connectivity index (χ2n) is 8.00. The van der Waals surface area contributed by atoms with Gasteiger partial charge in [-0.05, 0) is 16.7 Å². The third-order valence-corrected chi connectivity index (χ3v) is 5.83. The first kappa shape index (κ1) is 26.1. The average Bonchev–Trinajstić information content (AvgIpc) is 2.91. The molecule has 1 amide bonds. The van der Waals surface area contributed by atoms with E-state index in [0.29, 0.717) is 16.7 Å². The Morgan fingerprint density at radius 3 is 1.78 bits per heavy atom. The van der Waals surface area contributed by atoms with Gasteiger partial charge in [0.05, 0.1) is 31.5 Å². The maximum atomic E-state index is 13.7. The van der Waals surface area contributed by atoms with Gasteiger partial charge in [-0.25, -0.2) is 4.79 Å². The highest BCUT2D eigenvalue weighted by atomic mass is 16.6. The highest BCUT2D eigenvalue weighted by molar-refractivity contribution is 5.92. The Morgan fingerprint density at radius 1 is 0.806 bits per heavy atom. The number of rotatable bonds is 10. The molecule has 0 fully saturated rings. The van der Waals surface area contributed by atoms with Crippen LogP contribution in [0.5, 0.6) is 0 Å². The summed E-state index contributed by atoms with van der Waals surface area (Å²) < 4.78 is 9.78. The van der Waals surface area contributed by atoms with E-state index in [-0.39, 0.29) is 12.1 Å². The lowest BCUT2D eigenvalue weighted by atomic mass is 9.86. The number of nitrogens with zero attached hydrogens (tertiary/aromatic N) is 1. The maximum Gasteiger partial charge on any atom is 0.329 e. The molecule has 0 bridgehead atoms. The summed E-state index contributed by atoms with van der Waals surface area (Å²) in [4.78, 5) is 49.4. The molecule has 0 heterocycles. The molecule has 0 aliphatic heterocycles. The molecule has 0 saturated heterocycles. The molecule has 0 aliphatic carbocycles. The number of esters is 2. The number of hydrogen-bond donors (Lipinski definition) is 1. The molecule has 0 aromatic heterocycles. The van der Waals surface area contributed by atoms with Gasteiger partial charge in [0, 0.05) is 18.1 Å². The topological polar surface area (TPSA) is 125 Å². The highest BCUT2D eigenvalue weighted by Crippen LogP contribution is 2.30. The first-order chi connectivity index (χ1) is 17.3. The molecule has 0 unspecified atom stereocenters. The van der Waals surface area contributed by atoms with Crippen molar-refractivity contribution in [3.05, 3.63) is 112 Å². The fourth-order valence-electron chi connectivity index (χ4n) is 4.01. The molecule has 0 aliphatic rings. The summed E-state index contributed by atoms with van der Waals surface area (Å²) in [6, 6.07) is 22.3. The van der Waals surface area contributed by atoms with Crippen LogP contribution in [0.15, 0.2) is 84.9 Å². The summed E-state index contributed by atoms with van der Waals surface area (Å²) in [5.74, 6) is -3.50. The van der Waals surface area contributed by atoms with Crippen LogP contribution in [0.4, 0.5) is 5.69 Å². The number of benzene rings is 3. The number of nitro groups is 1. The van der Waals surface area contributed by atoms with Gasteiger partial charge in [0.1, 0.15) is 6.04 Å². The number of ether oxygens (including phenoxy) is 2. The van der Waals surface area contributed by atoms with Crippen molar-refractivity contribution in [2.45, 2.75) is 24.3 Å². The molecule has 1 N–H and O–H groups in total. The zero-order valence-corrected chi connectivity index (χ0v) is 19.8. The minimum absolute atomic E-state index is 0.151. The van der Waals surface area contributed by atoms with Gasteiger partial charge in [0.2, 0.25) is 5.91 Å². The Morgan fingerprint density at radius 2 is 1.33 bits per heavy atom.